The number of fused-ring (bicyclic) bond motifs is 11. The molecule has 3 nitrogen and oxygen atoms in total. The average molecular weight is 663 g/mol. The predicted octanol–water partition coefficient (Wildman–Crippen LogP) is 10.5. The molecule has 4 heteroatoms. The molecule has 52 heavy (non-hydrogen) atoms. The molecule has 242 valence electrons. The standard InChI is InChI=1S/C48H31BN2O/c1-3-13-30(14-4-1)32-17-11-18-34(27-32)50-43-28-33(31-15-5-2-6-16-31)25-26-41(43)49-45-39(29-40-36-20-8-10-24-44(36)52-48(40)47(45)50)38-22-12-21-37-35-19-7-9-23-42(35)51(49)46(37)38/h1-29,36,44H. The van der Waals surface area contributed by atoms with Crippen LogP contribution in [0.25, 0.3) is 55.2 Å². The maximum Gasteiger partial charge on any atom is 0.333 e. The van der Waals surface area contributed by atoms with Crippen LogP contribution in [0.3, 0.4) is 0 Å². The normalized spacial score (nSPS) is 17.2. The van der Waals surface area contributed by atoms with Crippen molar-refractivity contribution in [1.29, 1.82) is 0 Å². The molecule has 12 rings (SSSR count). The fourth-order valence-electron chi connectivity index (χ4n) is 9.48. The molecule has 7 aromatic carbocycles. The molecule has 4 aliphatic rings. The SMILES string of the molecule is C1=CC2Oc3c(cc4c5c3N(c3cccc(-c6ccccc6)c3)c3cc(-c6ccccc6)ccc3B5n3c5ccccc5c5cccc-4c53)C2C=C1. The smallest absolute Gasteiger partial charge is 0.333 e. The van der Waals surface area contributed by atoms with Crippen molar-refractivity contribution in [2.24, 2.45) is 0 Å². The molecule has 0 spiro atoms. The van der Waals surface area contributed by atoms with Gasteiger partial charge in [0.25, 0.3) is 0 Å². The molecule has 0 radical (unpaired) electrons. The maximum absolute atomic E-state index is 7.12. The van der Waals surface area contributed by atoms with Crippen LogP contribution < -0.4 is 20.6 Å². The van der Waals surface area contributed by atoms with E-state index >= 15 is 0 Å². The summed E-state index contributed by atoms with van der Waals surface area (Å²) in [5, 5.41) is 2.59. The van der Waals surface area contributed by atoms with Gasteiger partial charge < -0.3 is 14.1 Å². The van der Waals surface area contributed by atoms with E-state index in [1.54, 1.807) is 0 Å². The molecular weight excluding hydrogens is 631 g/mol. The van der Waals surface area contributed by atoms with Crippen molar-refractivity contribution in [3.63, 3.8) is 0 Å². The zero-order valence-corrected chi connectivity index (χ0v) is 28.3. The van der Waals surface area contributed by atoms with E-state index in [0.717, 1.165) is 17.1 Å². The van der Waals surface area contributed by atoms with Crippen molar-refractivity contribution in [2.75, 3.05) is 4.90 Å². The van der Waals surface area contributed by atoms with Gasteiger partial charge >= 0.3 is 6.85 Å². The van der Waals surface area contributed by atoms with Gasteiger partial charge in [-0.1, -0.05) is 140 Å². The molecule has 0 amide bonds. The van der Waals surface area contributed by atoms with Crippen molar-refractivity contribution in [3.8, 4) is 39.1 Å². The highest BCUT2D eigenvalue weighted by atomic mass is 16.5. The molecular formula is C48H31BN2O. The number of aromatic nitrogens is 1. The number of ether oxygens (including phenoxy) is 1. The molecule has 4 heterocycles. The molecule has 8 aromatic rings. The zero-order chi connectivity index (χ0) is 33.9. The van der Waals surface area contributed by atoms with E-state index in [2.05, 4.69) is 185 Å². The molecule has 2 atom stereocenters. The Labute approximate surface area is 302 Å². The Hall–Kier alpha value is -6.52. The van der Waals surface area contributed by atoms with Gasteiger partial charge in [0.2, 0.25) is 0 Å². The Morgan fingerprint density at radius 3 is 2.12 bits per heavy atom. The van der Waals surface area contributed by atoms with Crippen molar-refractivity contribution < 1.29 is 4.74 Å². The van der Waals surface area contributed by atoms with Gasteiger partial charge in [0, 0.05) is 50.2 Å². The Morgan fingerprint density at radius 1 is 0.558 bits per heavy atom. The van der Waals surface area contributed by atoms with Gasteiger partial charge in [-0.15, -0.1) is 0 Å². The summed E-state index contributed by atoms with van der Waals surface area (Å²) < 4.78 is 9.74. The van der Waals surface area contributed by atoms with E-state index in [4.69, 9.17) is 4.74 Å². The quantitative estimate of drug-likeness (QED) is 0.175. The summed E-state index contributed by atoms with van der Waals surface area (Å²) in [4.78, 5) is 2.52. The summed E-state index contributed by atoms with van der Waals surface area (Å²) in [6.07, 6.45) is 8.80. The highest BCUT2D eigenvalue weighted by molar-refractivity contribution is 6.90. The average Bonchev–Trinajstić information content (AvgIpc) is 3.76. The van der Waals surface area contributed by atoms with Crippen molar-refractivity contribution in [1.82, 2.24) is 4.48 Å². The summed E-state index contributed by atoms with van der Waals surface area (Å²) >= 11 is 0. The van der Waals surface area contributed by atoms with Crippen LogP contribution in [0.4, 0.5) is 17.1 Å². The molecule has 0 saturated carbocycles. The van der Waals surface area contributed by atoms with E-state index in [1.807, 2.05) is 0 Å². The fraction of sp³-hybridized carbons (Fsp3) is 0.0417. The molecule has 0 N–H and O–H groups in total. The first kappa shape index (κ1) is 28.2. The minimum absolute atomic E-state index is 0.0383. The molecule has 1 aliphatic carbocycles. The van der Waals surface area contributed by atoms with Crippen LogP contribution in [0.15, 0.2) is 176 Å². The summed E-state index contributed by atoms with van der Waals surface area (Å²) in [5.41, 5.74) is 17.2. The lowest BCUT2D eigenvalue weighted by atomic mass is 9.44. The topological polar surface area (TPSA) is 17.4 Å². The van der Waals surface area contributed by atoms with E-state index in [0.29, 0.717) is 0 Å². The van der Waals surface area contributed by atoms with E-state index in [9.17, 15) is 0 Å². The lowest BCUT2D eigenvalue weighted by Gasteiger charge is -2.41. The number of rotatable bonds is 3. The summed E-state index contributed by atoms with van der Waals surface area (Å²) in [6, 6.07) is 55.9. The Bertz CT molecular complexity index is 2850. The lowest BCUT2D eigenvalue weighted by Crippen LogP contribution is -2.56. The fourth-order valence-corrected chi connectivity index (χ4v) is 9.48. The van der Waals surface area contributed by atoms with Gasteiger partial charge in [0.05, 0.1) is 5.69 Å². The third-order valence-electron chi connectivity index (χ3n) is 11.7. The van der Waals surface area contributed by atoms with Gasteiger partial charge in [-0.3, -0.25) is 0 Å². The first-order chi connectivity index (χ1) is 25.8. The third-order valence-corrected chi connectivity index (χ3v) is 11.7. The van der Waals surface area contributed by atoms with E-state index in [1.165, 1.54) is 77.4 Å². The molecule has 1 aromatic heterocycles. The van der Waals surface area contributed by atoms with Crippen molar-refractivity contribution >= 4 is 56.6 Å². The van der Waals surface area contributed by atoms with Gasteiger partial charge in [-0.2, -0.15) is 0 Å². The van der Waals surface area contributed by atoms with Crippen LogP contribution in [-0.4, -0.2) is 17.4 Å². The molecule has 0 fully saturated rings. The zero-order valence-electron chi connectivity index (χ0n) is 28.3. The lowest BCUT2D eigenvalue weighted by molar-refractivity contribution is 0.270. The second-order valence-electron chi connectivity index (χ2n) is 14.4. The van der Waals surface area contributed by atoms with Crippen molar-refractivity contribution in [2.45, 2.75) is 12.0 Å². The third kappa shape index (κ3) is 3.76. The number of benzene rings is 7. The summed E-state index contributed by atoms with van der Waals surface area (Å²) in [6.45, 7) is -0.0432. The minimum Gasteiger partial charge on any atom is -0.483 e. The van der Waals surface area contributed by atoms with Crippen LogP contribution in [0.5, 0.6) is 5.75 Å². The van der Waals surface area contributed by atoms with Gasteiger partial charge in [-0.05, 0) is 75.2 Å². The first-order valence-corrected chi connectivity index (χ1v) is 18.2. The van der Waals surface area contributed by atoms with E-state index in [-0.39, 0.29) is 18.9 Å². The Kier molecular flexibility index (Phi) is 5.70. The number of para-hydroxylation sites is 2. The number of hydrogen-bond donors (Lipinski definition) is 0. The second kappa shape index (κ2) is 10.5. The van der Waals surface area contributed by atoms with E-state index < -0.39 is 0 Å². The summed E-state index contributed by atoms with van der Waals surface area (Å²) in [7, 11) is 0. The van der Waals surface area contributed by atoms with Gasteiger partial charge in [-0.25, -0.2) is 0 Å². The highest BCUT2D eigenvalue weighted by Gasteiger charge is 2.47. The number of anilines is 3. The largest absolute Gasteiger partial charge is 0.483 e. The monoisotopic (exact) mass is 662 g/mol. The van der Waals surface area contributed by atoms with Gasteiger partial charge in [0.15, 0.2) is 0 Å². The number of hydrogen-bond acceptors (Lipinski definition) is 2. The summed E-state index contributed by atoms with van der Waals surface area (Å²) in [5.74, 6) is 1.14. The second-order valence-corrected chi connectivity index (χ2v) is 14.4. The van der Waals surface area contributed by atoms with Crippen LogP contribution in [-0.2, 0) is 0 Å². The molecule has 0 saturated heterocycles. The molecule has 3 aliphatic heterocycles. The van der Waals surface area contributed by atoms with Gasteiger partial charge in [0.1, 0.15) is 11.9 Å². The minimum atomic E-state index is -0.0432. The van der Waals surface area contributed by atoms with Crippen molar-refractivity contribution in [3.05, 3.63) is 182 Å². The molecule has 0 bridgehead atoms. The highest BCUT2D eigenvalue weighted by Crippen LogP contribution is 2.54. The first-order valence-electron chi connectivity index (χ1n) is 18.2. The Balaban J connectivity index is 1.23. The van der Waals surface area contributed by atoms with Crippen LogP contribution in [0.2, 0.25) is 0 Å². The predicted molar refractivity (Wildman–Crippen MR) is 216 cm³/mol. The Morgan fingerprint density at radius 2 is 1.27 bits per heavy atom. The maximum atomic E-state index is 7.12. The van der Waals surface area contributed by atoms with Crippen LogP contribution in [0, 0.1) is 0 Å². The molecule has 2 unspecified atom stereocenters. The number of nitrogens with zero attached hydrogens (tertiary/aromatic N) is 2. The number of allylic oxidation sites excluding steroid dienone is 2. The van der Waals surface area contributed by atoms with Crippen LogP contribution in [0.1, 0.15) is 11.5 Å². The van der Waals surface area contributed by atoms with Crippen LogP contribution >= 0.6 is 0 Å².